The number of piperidine rings is 2. The van der Waals surface area contributed by atoms with Gasteiger partial charge in [-0.3, -0.25) is 15.0 Å². The number of halogens is 1. The van der Waals surface area contributed by atoms with Crippen LogP contribution in [0, 0.1) is 5.92 Å². The molecule has 218 valence electrons. The van der Waals surface area contributed by atoms with E-state index < -0.39 is 17.8 Å². The molecule has 0 saturated carbocycles. The minimum Gasteiger partial charge on any atom is -0.444 e. The van der Waals surface area contributed by atoms with Gasteiger partial charge < -0.3 is 19.1 Å². The molecule has 0 radical (unpaired) electrons. The topological polar surface area (TPSA) is 100 Å². The quantitative estimate of drug-likeness (QED) is 0.590. The van der Waals surface area contributed by atoms with E-state index in [0.29, 0.717) is 44.2 Å². The molecule has 3 aliphatic heterocycles. The van der Waals surface area contributed by atoms with Gasteiger partial charge in [-0.2, -0.15) is 0 Å². The van der Waals surface area contributed by atoms with Crippen LogP contribution in [0.4, 0.5) is 19.7 Å². The summed E-state index contributed by atoms with van der Waals surface area (Å²) in [5.41, 5.74) is 1.92. The van der Waals surface area contributed by atoms with Crippen LogP contribution in [-0.2, 0) is 16.0 Å². The third-order valence-corrected chi connectivity index (χ3v) is 8.22. The fraction of sp³-hybridized carbons (Fsp3) is 0.655. The van der Waals surface area contributed by atoms with Crippen molar-refractivity contribution in [2.45, 2.75) is 77.6 Å². The first-order chi connectivity index (χ1) is 19.0. The lowest BCUT2D eigenvalue weighted by molar-refractivity contribution is -0.120. The number of rotatable bonds is 5. The van der Waals surface area contributed by atoms with Crippen LogP contribution in [0.15, 0.2) is 18.5 Å². The van der Waals surface area contributed by atoms with Crippen LogP contribution in [0.5, 0.6) is 0 Å². The highest BCUT2D eigenvalue weighted by Crippen LogP contribution is 2.34. The van der Waals surface area contributed by atoms with Gasteiger partial charge in [0.1, 0.15) is 17.4 Å². The molecular formula is C29H41FN6O4. The van der Waals surface area contributed by atoms with Gasteiger partial charge in [-0.25, -0.2) is 19.0 Å². The number of hydrogen-bond donors (Lipinski definition) is 1. The normalized spacial score (nSPS) is 23.5. The number of likely N-dealkylation sites (tertiary alicyclic amines) is 2. The van der Waals surface area contributed by atoms with Gasteiger partial charge in [-0.05, 0) is 64.0 Å². The largest absolute Gasteiger partial charge is 0.444 e. The van der Waals surface area contributed by atoms with E-state index in [2.05, 4.69) is 22.1 Å². The third kappa shape index (κ3) is 6.09. The van der Waals surface area contributed by atoms with Crippen molar-refractivity contribution in [3.8, 4) is 0 Å². The fourth-order valence-corrected chi connectivity index (χ4v) is 6.10. The Kier molecular flexibility index (Phi) is 8.03. The molecule has 11 heteroatoms. The minimum atomic E-state index is -1.03. The van der Waals surface area contributed by atoms with E-state index in [1.54, 1.807) is 11.1 Å². The summed E-state index contributed by atoms with van der Waals surface area (Å²) in [7, 11) is 0. The van der Waals surface area contributed by atoms with Crippen molar-refractivity contribution in [2.24, 2.45) is 5.92 Å². The van der Waals surface area contributed by atoms with Crippen molar-refractivity contribution >= 4 is 34.8 Å². The molecular weight excluding hydrogens is 515 g/mol. The minimum absolute atomic E-state index is 0.246. The SMILES string of the molecule is CCc1cn([C@@H]2CCN(CC3CCN(C(=O)OC(C)(C)C)CC3)C[C@@H]2F)c2ncc(N3CCC(=O)NC3=O)cc12. The molecule has 2 aromatic rings. The number of ether oxygens (including phenoxy) is 1. The van der Waals surface area contributed by atoms with Gasteiger partial charge in [0.15, 0.2) is 0 Å². The van der Waals surface area contributed by atoms with Crippen LogP contribution < -0.4 is 10.2 Å². The van der Waals surface area contributed by atoms with Crippen molar-refractivity contribution in [3.05, 3.63) is 24.0 Å². The van der Waals surface area contributed by atoms with Crippen molar-refractivity contribution in [1.29, 1.82) is 0 Å². The zero-order valence-corrected chi connectivity index (χ0v) is 24.0. The second-order valence-electron chi connectivity index (χ2n) is 12.3. The monoisotopic (exact) mass is 556 g/mol. The average molecular weight is 557 g/mol. The zero-order chi connectivity index (χ0) is 28.6. The molecule has 10 nitrogen and oxygen atoms in total. The summed E-state index contributed by atoms with van der Waals surface area (Å²) in [5, 5.41) is 3.27. The van der Waals surface area contributed by atoms with Gasteiger partial charge in [0.05, 0.1) is 17.9 Å². The lowest BCUT2D eigenvalue weighted by atomic mass is 9.94. The van der Waals surface area contributed by atoms with Gasteiger partial charge in [-0.1, -0.05) is 6.92 Å². The highest BCUT2D eigenvalue weighted by Gasteiger charge is 2.34. The number of imide groups is 1. The molecule has 4 amide bonds. The van der Waals surface area contributed by atoms with Crippen LogP contribution in [-0.4, -0.2) is 88.4 Å². The second-order valence-corrected chi connectivity index (χ2v) is 12.3. The highest BCUT2D eigenvalue weighted by atomic mass is 19.1. The maximum Gasteiger partial charge on any atom is 0.410 e. The van der Waals surface area contributed by atoms with Gasteiger partial charge in [-0.15, -0.1) is 0 Å². The molecule has 0 aliphatic carbocycles. The molecule has 5 rings (SSSR count). The van der Waals surface area contributed by atoms with E-state index in [4.69, 9.17) is 4.74 Å². The first-order valence-corrected chi connectivity index (χ1v) is 14.5. The molecule has 2 aromatic heterocycles. The maximum atomic E-state index is 15.7. The van der Waals surface area contributed by atoms with Crippen LogP contribution in [0.1, 0.15) is 65.0 Å². The number of pyridine rings is 1. The number of anilines is 1. The average Bonchev–Trinajstić information content (AvgIpc) is 3.26. The van der Waals surface area contributed by atoms with Crippen molar-refractivity contribution in [2.75, 3.05) is 44.2 Å². The molecule has 1 N–H and O–H groups in total. The number of alkyl halides is 1. The number of nitrogens with zero attached hydrogens (tertiary/aromatic N) is 5. The van der Waals surface area contributed by atoms with Crippen LogP contribution in [0.3, 0.4) is 0 Å². The summed E-state index contributed by atoms with van der Waals surface area (Å²) in [4.78, 5) is 46.5. The van der Waals surface area contributed by atoms with Crippen LogP contribution in [0.25, 0.3) is 11.0 Å². The Balaban J connectivity index is 1.21. The number of amides is 4. The molecule has 2 atom stereocenters. The Bertz CT molecular complexity index is 1270. The molecule has 5 heterocycles. The number of carbonyl (C=O) groups excluding carboxylic acids is 3. The van der Waals surface area contributed by atoms with E-state index in [1.807, 2.05) is 37.6 Å². The van der Waals surface area contributed by atoms with Gasteiger partial charge in [0, 0.05) is 57.3 Å². The fourth-order valence-electron chi connectivity index (χ4n) is 6.10. The number of hydrogen-bond acceptors (Lipinski definition) is 6. The van der Waals surface area contributed by atoms with E-state index in [9.17, 15) is 14.4 Å². The van der Waals surface area contributed by atoms with E-state index in [0.717, 1.165) is 48.9 Å². The van der Waals surface area contributed by atoms with Crippen molar-refractivity contribution < 1.29 is 23.5 Å². The lowest BCUT2D eigenvalue weighted by Gasteiger charge is -2.39. The summed E-state index contributed by atoms with van der Waals surface area (Å²) in [6.45, 7) is 11.4. The molecule has 3 aliphatic rings. The molecule has 0 unspecified atom stereocenters. The zero-order valence-electron chi connectivity index (χ0n) is 24.0. The van der Waals surface area contributed by atoms with E-state index >= 15 is 4.39 Å². The second kappa shape index (κ2) is 11.3. The maximum absolute atomic E-state index is 15.7. The standard InChI is InChI=1S/C29H41FN6O4/c1-5-20-17-36(26-22(20)14-21(15-31-26)35-13-9-25(37)32-27(35)38)24-8-10-33(18-23(24)30)16-19-6-11-34(12-7-19)28(39)40-29(2,3)4/h14-15,17,19,23-24H,5-13,16,18H2,1-4H3,(H,32,37,38)/t23-,24+/m0/s1. The Morgan fingerprint density at radius 2 is 1.90 bits per heavy atom. The van der Waals surface area contributed by atoms with Crippen molar-refractivity contribution in [1.82, 2.24) is 24.7 Å². The molecule has 3 saturated heterocycles. The molecule has 0 bridgehead atoms. The first-order valence-electron chi connectivity index (χ1n) is 14.5. The van der Waals surface area contributed by atoms with E-state index in [1.165, 1.54) is 4.90 Å². The summed E-state index contributed by atoms with van der Waals surface area (Å²) in [5.74, 6) is 0.159. The number of aromatic nitrogens is 2. The third-order valence-electron chi connectivity index (χ3n) is 8.22. The predicted molar refractivity (Wildman–Crippen MR) is 150 cm³/mol. The number of urea groups is 1. The number of aryl methyl sites for hydroxylation is 1. The molecule has 0 spiro atoms. The molecule has 40 heavy (non-hydrogen) atoms. The summed E-state index contributed by atoms with van der Waals surface area (Å²) >= 11 is 0. The van der Waals surface area contributed by atoms with Gasteiger partial charge in [0.25, 0.3) is 0 Å². The lowest BCUT2D eigenvalue weighted by Crippen LogP contribution is -2.49. The number of nitrogens with one attached hydrogen (secondary N) is 1. The molecule has 0 aromatic carbocycles. The summed E-state index contributed by atoms with van der Waals surface area (Å²) in [6.07, 6.45) is 5.85. The Morgan fingerprint density at radius 1 is 1.15 bits per heavy atom. The number of fused-ring (bicyclic) bond motifs is 1. The van der Waals surface area contributed by atoms with E-state index in [-0.39, 0.29) is 24.5 Å². The summed E-state index contributed by atoms with van der Waals surface area (Å²) in [6, 6.07) is 1.18. The molecule has 3 fully saturated rings. The Labute approximate surface area is 234 Å². The first kappa shape index (κ1) is 28.3. The van der Waals surface area contributed by atoms with Crippen molar-refractivity contribution in [3.63, 3.8) is 0 Å². The van der Waals surface area contributed by atoms with Gasteiger partial charge in [0.2, 0.25) is 5.91 Å². The smallest absolute Gasteiger partial charge is 0.410 e. The Morgan fingerprint density at radius 3 is 2.55 bits per heavy atom. The predicted octanol–water partition coefficient (Wildman–Crippen LogP) is 4.28. The Hall–Kier alpha value is -3.21. The highest BCUT2D eigenvalue weighted by molar-refractivity contribution is 6.06. The van der Waals surface area contributed by atoms with Gasteiger partial charge >= 0.3 is 12.1 Å². The summed E-state index contributed by atoms with van der Waals surface area (Å²) < 4.78 is 23.2. The van der Waals surface area contributed by atoms with Crippen LogP contribution >= 0.6 is 0 Å². The van der Waals surface area contributed by atoms with Crippen LogP contribution in [0.2, 0.25) is 0 Å². The number of carbonyl (C=O) groups is 3.